The molecule has 0 radical (unpaired) electrons. The standard InChI is InChI=1S/C86H176O12P2/c1-69(2)31-19-33-71(5)35-21-37-75(9)45-27-51-81(15)57-61-93-65-85(67-97-99(87,88)89)95-63-59-83(17)53-29-47-77(11)41-23-39-73(7)43-25-49-79(13)55-56-80(14)50-26-44-74(8)40-24-42-78(12)48-30-54-84(18)60-64-96-86(68-98-100(90,91)92)66-94-62-58-82(16)52-28-46-76(10)38-22-36-72(6)34-20-32-70(3)4/h69-86H,19-68H2,1-18H3,(H2,87,88,89)(H2,90,91,92)/t71-,72-,73+,74+,75-,76-,77-,78-,79+,80+,81-,82-,83-,84-,85+,86+/m1/s1. The maximum absolute atomic E-state index is 11.5. The van der Waals surface area contributed by atoms with E-state index in [1.807, 2.05) is 0 Å². The first-order valence-electron chi connectivity index (χ1n) is 43.1. The third-order valence-corrected chi connectivity index (χ3v) is 23.9. The van der Waals surface area contributed by atoms with E-state index in [1.165, 1.54) is 244 Å². The molecule has 0 aliphatic rings. The third-order valence-electron chi connectivity index (χ3n) is 23.0. The van der Waals surface area contributed by atoms with E-state index in [9.17, 15) is 28.7 Å². The lowest BCUT2D eigenvalue weighted by atomic mass is 9.88. The Morgan fingerprint density at radius 3 is 0.550 bits per heavy atom. The van der Waals surface area contributed by atoms with Crippen LogP contribution in [0.1, 0.15) is 394 Å². The topological polar surface area (TPSA) is 170 Å². The molecule has 100 heavy (non-hydrogen) atoms. The largest absolute Gasteiger partial charge is 0.469 e. The lowest BCUT2D eigenvalue weighted by molar-refractivity contribution is -0.0463. The van der Waals surface area contributed by atoms with Crippen LogP contribution in [0.3, 0.4) is 0 Å². The number of phosphoric acid groups is 2. The van der Waals surface area contributed by atoms with Crippen molar-refractivity contribution in [3.05, 3.63) is 0 Å². The Morgan fingerprint density at radius 1 is 0.210 bits per heavy atom. The Kier molecular flexibility index (Phi) is 64.0. The van der Waals surface area contributed by atoms with Gasteiger partial charge in [0, 0.05) is 26.4 Å². The van der Waals surface area contributed by atoms with Crippen LogP contribution in [0.25, 0.3) is 0 Å². The highest BCUT2D eigenvalue weighted by Gasteiger charge is 2.23. The van der Waals surface area contributed by atoms with Gasteiger partial charge in [0.1, 0.15) is 12.2 Å². The molecule has 0 aliphatic heterocycles. The Morgan fingerprint density at radius 2 is 0.370 bits per heavy atom. The predicted octanol–water partition coefficient (Wildman–Crippen LogP) is 26.6. The molecule has 0 saturated carbocycles. The first kappa shape index (κ1) is 100. The fraction of sp³-hybridized carbons (Fsp3) is 1.00. The highest BCUT2D eigenvalue weighted by atomic mass is 31.2. The Balaban J connectivity index is 4.18. The minimum Gasteiger partial charge on any atom is -0.379 e. The van der Waals surface area contributed by atoms with Crippen LogP contribution in [0.2, 0.25) is 0 Å². The Hall–Kier alpha value is 0.0600. The van der Waals surface area contributed by atoms with Crippen molar-refractivity contribution in [2.24, 2.45) is 94.7 Å². The molecule has 0 aromatic carbocycles. The zero-order chi connectivity index (χ0) is 75.0. The highest BCUT2D eigenvalue weighted by Crippen LogP contribution is 2.37. The summed E-state index contributed by atoms with van der Waals surface area (Å²) in [4.78, 5) is 37.5. The van der Waals surface area contributed by atoms with Gasteiger partial charge in [-0.15, -0.1) is 0 Å². The maximum Gasteiger partial charge on any atom is 0.469 e. The fourth-order valence-electron chi connectivity index (χ4n) is 15.0. The second-order valence-electron chi connectivity index (χ2n) is 35.9. The highest BCUT2D eigenvalue weighted by molar-refractivity contribution is 7.46. The summed E-state index contributed by atoms with van der Waals surface area (Å²) in [5.74, 6) is 11.9. The van der Waals surface area contributed by atoms with Crippen LogP contribution in [-0.4, -0.2) is 84.6 Å². The molecule has 0 aromatic heterocycles. The zero-order valence-corrected chi connectivity index (χ0v) is 71.5. The predicted molar refractivity (Wildman–Crippen MR) is 429 cm³/mol. The summed E-state index contributed by atoms with van der Waals surface area (Å²) in [6.45, 7) is 45.5. The second-order valence-corrected chi connectivity index (χ2v) is 38.3. The summed E-state index contributed by atoms with van der Waals surface area (Å²) in [7, 11) is -9.18. The molecule has 0 rings (SSSR count). The molecule has 0 fully saturated rings. The number of phosphoric ester groups is 2. The lowest BCUT2D eigenvalue weighted by Gasteiger charge is -2.21. The number of hydrogen-bond acceptors (Lipinski definition) is 8. The van der Waals surface area contributed by atoms with E-state index >= 15 is 0 Å². The molecule has 14 heteroatoms. The van der Waals surface area contributed by atoms with Gasteiger partial charge in [0.15, 0.2) is 0 Å². The van der Waals surface area contributed by atoms with E-state index in [-0.39, 0.29) is 26.4 Å². The minimum atomic E-state index is -4.59. The zero-order valence-electron chi connectivity index (χ0n) is 69.7. The molecule has 0 aromatic rings. The van der Waals surface area contributed by atoms with Crippen molar-refractivity contribution in [3.63, 3.8) is 0 Å². The normalized spacial score (nSPS) is 17.6. The van der Waals surface area contributed by atoms with Gasteiger partial charge in [0.25, 0.3) is 0 Å². The summed E-state index contributed by atoms with van der Waals surface area (Å²) < 4.78 is 57.1. The summed E-state index contributed by atoms with van der Waals surface area (Å²) in [5.41, 5.74) is 0. The lowest BCUT2D eigenvalue weighted by Crippen LogP contribution is -2.26. The second kappa shape index (κ2) is 63.9. The van der Waals surface area contributed by atoms with Gasteiger partial charge in [-0.2, -0.15) is 0 Å². The smallest absolute Gasteiger partial charge is 0.379 e. The summed E-state index contributed by atoms with van der Waals surface area (Å²) in [6, 6.07) is 0. The molecule has 0 amide bonds. The van der Waals surface area contributed by atoms with Crippen LogP contribution in [0, 0.1) is 94.7 Å². The van der Waals surface area contributed by atoms with Crippen LogP contribution in [0.5, 0.6) is 0 Å². The first-order chi connectivity index (χ1) is 47.3. The van der Waals surface area contributed by atoms with Crippen LogP contribution < -0.4 is 0 Å². The van der Waals surface area contributed by atoms with Crippen molar-refractivity contribution in [3.8, 4) is 0 Å². The van der Waals surface area contributed by atoms with Crippen molar-refractivity contribution < 1.29 is 56.7 Å². The van der Waals surface area contributed by atoms with E-state index in [0.717, 1.165) is 96.7 Å². The summed E-state index contributed by atoms with van der Waals surface area (Å²) in [6.07, 6.45) is 52.8. The van der Waals surface area contributed by atoms with Gasteiger partial charge in [-0.25, -0.2) is 9.13 Å². The molecule has 16 atom stereocenters. The van der Waals surface area contributed by atoms with Gasteiger partial charge in [-0.1, -0.05) is 369 Å². The molecule has 12 nitrogen and oxygen atoms in total. The van der Waals surface area contributed by atoms with Crippen molar-refractivity contribution in [2.45, 2.75) is 407 Å². The Bertz CT molecular complexity index is 1730. The minimum absolute atomic E-state index is 0.169. The van der Waals surface area contributed by atoms with E-state index < -0.39 is 27.9 Å². The summed E-state index contributed by atoms with van der Waals surface area (Å²) in [5, 5.41) is 0. The molecular formula is C86H176O12P2. The SMILES string of the molecule is CC(C)CCC[C@@H](C)CCC[C@@H](C)CCC[C@@H](C)CCOC[C@@H](COP(=O)(O)O)OCC[C@H](C)CCC[C@H](C)CCC[C@H](C)CCC[C@H](C)CC[C@@H](C)CCC[C@@H](C)CCC[C@@H](C)CCC[C@@H](C)CCO[C@@H](COCC[C@H](C)CCC[C@H](C)CCC[C@H](C)CCCC(C)C)COP(=O)(O)O. The van der Waals surface area contributed by atoms with E-state index in [0.29, 0.717) is 50.1 Å². The molecule has 4 N–H and O–H groups in total. The van der Waals surface area contributed by atoms with Crippen molar-refractivity contribution >= 4 is 15.6 Å². The van der Waals surface area contributed by atoms with Crippen LogP contribution in [-0.2, 0) is 37.1 Å². The van der Waals surface area contributed by atoms with E-state index in [1.54, 1.807) is 0 Å². The third kappa shape index (κ3) is 69.8. The number of ether oxygens (including phenoxy) is 4. The quantitative estimate of drug-likeness (QED) is 0.0336. The number of hydrogen-bond donors (Lipinski definition) is 4. The molecule has 602 valence electrons. The molecule has 0 unspecified atom stereocenters. The first-order valence-corrected chi connectivity index (χ1v) is 46.1. The summed E-state index contributed by atoms with van der Waals surface area (Å²) >= 11 is 0. The van der Waals surface area contributed by atoms with Gasteiger partial charge < -0.3 is 38.5 Å². The van der Waals surface area contributed by atoms with Crippen molar-refractivity contribution in [2.75, 3.05) is 52.9 Å². The monoisotopic (exact) mass is 1460 g/mol. The average molecular weight is 1460 g/mol. The van der Waals surface area contributed by atoms with Crippen LogP contribution in [0.4, 0.5) is 0 Å². The van der Waals surface area contributed by atoms with Gasteiger partial charge >= 0.3 is 15.6 Å². The molecule has 0 heterocycles. The number of rotatable bonds is 75. The fourth-order valence-corrected chi connectivity index (χ4v) is 15.7. The average Bonchev–Trinajstić information content (AvgIpc) is 1.27. The van der Waals surface area contributed by atoms with E-state index in [4.69, 9.17) is 28.0 Å². The molecular weight excluding hydrogens is 1290 g/mol. The maximum atomic E-state index is 11.5. The van der Waals surface area contributed by atoms with Gasteiger partial charge in [-0.3, -0.25) is 9.05 Å². The van der Waals surface area contributed by atoms with Crippen molar-refractivity contribution in [1.29, 1.82) is 0 Å². The van der Waals surface area contributed by atoms with Crippen molar-refractivity contribution in [1.82, 2.24) is 0 Å². The Labute approximate surface area is 623 Å². The molecule has 0 aliphatic carbocycles. The van der Waals surface area contributed by atoms with Gasteiger partial charge in [-0.05, 0) is 120 Å². The molecule has 0 saturated heterocycles. The van der Waals surface area contributed by atoms with Gasteiger partial charge in [0.2, 0.25) is 0 Å². The van der Waals surface area contributed by atoms with Crippen LogP contribution >= 0.6 is 15.6 Å². The van der Waals surface area contributed by atoms with E-state index in [2.05, 4.69) is 125 Å². The van der Waals surface area contributed by atoms with Crippen LogP contribution in [0.15, 0.2) is 0 Å². The van der Waals surface area contributed by atoms with Gasteiger partial charge in [0.05, 0.1) is 26.4 Å². The molecule has 0 spiro atoms. The molecule has 0 bridgehead atoms.